The number of hydrogen-bond acceptors (Lipinski definition) is 15. The Bertz CT molecular complexity index is 1520. The van der Waals surface area contributed by atoms with E-state index in [4.69, 9.17) is 42.6 Å². The maximum Gasteiger partial charge on any atom is 0.338 e. The fourth-order valence-corrected chi connectivity index (χ4v) is 4.40. The van der Waals surface area contributed by atoms with Gasteiger partial charge in [-0.05, 0) is 55.7 Å². The number of aromatic hydroxyl groups is 3. The lowest BCUT2D eigenvalue weighted by atomic mass is 10.1. The van der Waals surface area contributed by atoms with Crippen molar-refractivity contribution in [2.45, 2.75) is 25.4 Å². The van der Waals surface area contributed by atoms with Gasteiger partial charge >= 0.3 is 17.9 Å². The third kappa shape index (κ3) is 8.96. The highest BCUT2D eigenvalue weighted by Crippen LogP contribution is 2.39. The van der Waals surface area contributed by atoms with Gasteiger partial charge in [-0.1, -0.05) is 0 Å². The highest BCUT2D eigenvalue weighted by atomic mass is 16.6. The molecule has 3 N–H and O–H groups in total. The molecule has 0 aliphatic carbocycles. The van der Waals surface area contributed by atoms with E-state index in [1.807, 2.05) is 0 Å². The van der Waals surface area contributed by atoms with Gasteiger partial charge in [-0.3, -0.25) is 0 Å². The zero-order chi connectivity index (χ0) is 35.4. The Morgan fingerprint density at radius 2 is 0.854 bits per heavy atom. The molecule has 0 aliphatic heterocycles. The molecule has 260 valence electrons. The topological polar surface area (TPSA) is 195 Å². The van der Waals surface area contributed by atoms with Gasteiger partial charge in [-0.25, -0.2) is 14.4 Å². The van der Waals surface area contributed by atoms with Gasteiger partial charge in [0, 0.05) is 0 Å². The second kappa shape index (κ2) is 17.3. The Morgan fingerprint density at radius 3 is 1.21 bits per heavy atom. The minimum absolute atomic E-state index is 0.000446. The molecule has 0 bridgehead atoms. The zero-order valence-electron chi connectivity index (χ0n) is 27.3. The molecule has 0 saturated carbocycles. The number of hydrogen-bond donors (Lipinski definition) is 3. The van der Waals surface area contributed by atoms with E-state index in [1.54, 1.807) is 0 Å². The minimum atomic E-state index is -0.963. The van der Waals surface area contributed by atoms with Crippen molar-refractivity contribution in [3.63, 3.8) is 0 Å². The lowest BCUT2D eigenvalue weighted by Gasteiger charge is -2.19. The van der Waals surface area contributed by atoms with Gasteiger partial charge < -0.3 is 58.0 Å². The zero-order valence-corrected chi connectivity index (χ0v) is 27.3. The number of methoxy groups -OCH3 is 6. The summed E-state index contributed by atoms with van der Waals surface area (Å²) in [5.74, 6) is -3.18. The van der Waals surface area contributed by atoms with Crippen LogP contribution in [-0.2, 0) is 14.2 Å². The van der Waals surface area contributed by atoms with Crippen LogP contribution in [0.3, 0.4) is 0 Å². The number of unbranched alkanes of at least 4 members (excludes halogenated alkanes) is 1. The summed E-state index contributed by atoms with van der Waals surface area (Å²) in [6, 6.07) is 7.71. The molecule has 15 nitrogen and oxygen atoms in total. The predicted molar refractivity (Wildman–Crippen MR) is 167 cm³/mol. The summed E-state index contributed by atoms with van der Waals surface area (Å²) in [5, 5.41) is 30.5. The summed E-state index contributed by atoms with van der Waals surface area (Å²) < 4.78 is 47.1. The van der Waals surface area contributed by atoms with Gasteiger partial charge in [0.1, 0.15) is 12.7 Å². The third-order valence-electron chi connectivity index (χ3n) is 6.97. The first-order valence-corrected chi connectivity index (χ1v) is 14.4. The van der Waals surface area contributed by atoms with Crippen LogP contribution in [0.5, 0.6) is 51.7 Å². The second-order valence-corrected chi connectivity index (χ2v) is 9.95. The van der Waals surface area contributed by atoms with Crippen LogP contribution < -0.4 is 28.4 Å². The molecule has 3 aromatic carbocycles. The van der Waals surface area contributed by atoms with Crippen molar-refractivity contribution in [1.29, 1.82) is 0 Å². The Morgan fingerprint density at radius 1 is 0.521 bits per heavy atom. The van der Waals surface area contributed by atoms with E-state index in [1.165, 1.54) is 79.1 Å². The van der Waals surface area contributed by atoms with Crippen molar-refractivity contribution in [2.24, 2.45) is 0 Å². The highest BCUT2D eigenvalue weighted by Gasteiger charge is 2.24. The van der Waals surface area contributed by atoms with Crippen LogP contribution >= 0.6 is 0 Å². The van der Waals surface area contributed by atoms with E-state index in [9.17, 15) is 29.7 Å². The number of ether oxygens (including phenoxy) is 9. The lowest BCUT2D eigenvalue weighted by Crippen LogP contribution is -2.26. The normalized spacial score (nSPS) is 11.1. The summed E-state index contributed by atoms with van der Waals surface area (Å²) in [4.78, 5) is 38.7. The SMILES string of the molecule is COc1cc(C(=O)OCCCCC(COC(=O)c2cc(OC)c(O)c(OC)c2)OC(=O)c2cc(OC)c(O)c(OC)c2)cc(OC)c1O. The van der Waals surface area contributed by atoms with Gasteiger partial charge in [0.25, 0.3) is 0 Å². The molecule has 0 radical (unpaired) electrons. The summed E-state index contributed by atoms with van der Waals surface area (Å²) in [5.41, 5.74) is 0.107. The fourth-order valence-electron chi connectivity index (χ4n) is 4.40. The molecular formula is C33H38O15. The van der Waals surface area contributed by atoms with E-state index in [0.29, 0.717) is 12.8 Å². The second-order valence-electron chi connectivity index (χ2n) is 9.95. The number of phenolic OH excluding ortho intramolecular Hbond substituents is 3. The number of benzene rings is 3. The van der Waals surface area contributed by atoms with E-state index in [2.05, 4.69) is 0 Å². The molecule has 0 fully saturated rings. The van der Waals surface area contributed by atoms with Crippen molar-refractivity contribution in [2.75, 3.05) is 55.9 Å². The summed E-state index contributed by atoms with van der Waals surface area (Å²) in [6.45, 7) is -0.375. The molecule has 48 heavy (non-hydrogen) atoms. The number of carbonyl (C=O) groups excluding carboxylic acids is 3. The van der Waals surface area contributed by atoms with Gasteiger partial charge in [0.05, 0.1) is 66.0 Å². The van der Waals surface area contributed by atoms with Crippen molar-refractivity contribution >= 4 is 17.9 Å². The fraction of sp³-hybridized carbons (Fsp3) is 0.364. The average molecular weight is 675 g/mol. The number of phenols is 3. The molecule has 0 aliphatic rings. The van der Waals surface area contributed by atoms with Gasteiger partial charge in [0.15, 0.2) is 34.5 Å². The van der Waals surface area contributed by atoms with Gasteiger partial charge in [0.2, 0.25) is 17.2 Å². The van der Waals surface area contributed by atoms with Gasteiger partial charge in [-0.15, -0.1) is 0 Å². The Hall–Kier alpha value is -5.73. The average Bonchev–Trinajstić information content (AvgIpc) is 3.10. The first kappa shape index (κ1) is 36.7. The Kier molecular flexibility index (Phi) is 13.2. The van der Waals surface area contributed by atoms with E-state index < -0.39 is 24.0 Å². The van der Waals surface area contributed by atoms with Gasteiger partial charge in [-0.2, -0.15) is 0 Å². The van der Waals surface area contributed by atoms with E-state index in [0.717, 1.165) is 0 Å². The van der Waals surface area contributed by atoms with Crippen LogP contribution in [-0.4, -0.2) is 95.2 Å². The largest absolute Gasteiger partial charge is 0.502 e. The predicted octanol–water partition coefficient (Wildman–Crippen LogP) is 4.26. The lowest BCUT2D eigenvalue weighted by molar-refractivity contribution is -0.00387. The van der Waals surface area contributed by atoms with Crippen molar-refractivity contribution in [1.82, 2.24) is 0 Å². The number of esters is 3. The molecule has 0 aromatic heterocycles. The van der Waals surface area contributed by atoms with Crippen LogP contribution in [0, 0.1) is 0 Å². The van der Waals surface area contributed by atoms with Crippen molar-refractivity contribution in [3.05, 3.63) is 53.1 Å². The molecule has 0 heterocycles. The molecule has 0 spiro atoms. The van der Waals surface area contributed by atoms with Crippen LogP contribution in [0.25, 0.3) is 0 Å². The molecule has 1 atom stereocenters. The first-order valence-electron chi connectivity index (χ1n) is 14.4. The smallest absolute Gasteiger partial charge is 0.338 e. The van der Waals surface area contributed by atoms with Crippen molar-refractivity contribution < 1.29 is 72.3 Å². The molecule has 15 heteroatoms. The molecule has 3 rings (SSSR count). The van der Waals surface area contributed by atoms with Crippen LogP contribution in [0.1, 0.15) is 50.3 Å². The highest BCUT2D eigenvalue weighted by molar-refractivity contribution is 5.92. The summed E-state index contributed by atoms with van der Waals surface area (Å²) >= 11 is 0. The first-order chi connectivity index (χ1) is 23.0. The van der Waals surface area contributed by atoms with Crippen LogP contribution in [0.2, 0.25) is 0 Å². The molecule has 3 aromatic rings. The van der Waals surface area contributed by atoms with Crippen LogP contribution in [0.15, 0.2) is 36.4 Å². The van der Waals surface area contributed by atoms with Crippen molar-refractivity contribution in [3.8, 4) is 51.7 Å². The van der Waals surface area contributed by atoms with E-state index in [-0.39, 0.29) is 88.1 Å². The quantitative estimate of drug-likeness (QED) is 0.104. The number of rotatable bonds is 17. The number of carbonyl (C=O) groups is 3. The monoisotopic (exact) mass is 674 g/mol. The molecule has 1 unspecified atom stereocenters. The maximum absolute atomic E-state index is 13.2. The Labute approximate surface area is 276 Å². The molecule has 0 saturated heterocycles. The molecular weight excluding hydrogens is 636 g/mol. The standard InChI is InChI=1S/C33H38O15/c1-40-22-11-18(12-23(41-2)28(22)34)31(37)46-10-8-7-9-21(48-33(39)20-15-26(44-5)30(36)27(16-20)45-6)17-47-32(38)19-13-24(42-3)29(35)25(14-19)43-4/h11-16,21,34-36H,7-10,17H2,1-6H3. The summed E-state index contributed by atoms with van der Waals surface area (Å²) in [6.07, 6.45) is -0.0672. The Balaban J connectivity index is 1.71. The molecule has 0 amide bonds. The van der Waals surface area contributed by atoms with Crippen LogP contribution in [0.4, 0.5) is 0 Å². The minimum Gasteiger partial charge on any atom is -0.502 e. The summed E-state index contributed by atoms with van der Waals surface area (Å²) in [7, 11) is 7.89. The third-order valence-corrected chi connectivity index (χ3v) is 6.97. The van der Waals surface area contributed by atoms with E-state index >= 15 is 0 Å². The maximum atomic E-state index is 13.2.